The summed E-state index contributed by atoms with van der Waals surface area (Å²) in [6.07, 6.45) is 12.1. The zero-order valence-electron chi connectivity index (χ0n) is 20.3. The van der Waals surface area contributed by atoms with E-state index in [2.05, 4.69) is 42.3 Å². The number of amides is 1. The molecule has 1 amide bonds. The number of ether oxygens (including phenoxy) is 1. The number of thiophene rings is 1. The van der Waals surface area contributed by atoms with E-state index in [1.807, 2.05) is 6.21 Å². The van der Waals surface area contributed by atoms with Crippen LogP contribution < -0.4 is 15.0 Å². The summed E-state index contributed by atoms with van der Waals surface area (Å²) >= 11 is 1.69. The van der Waals surface area contributed by atoms with Crippen molar-refractivity contribution < 1.29 is 9.53 Å². The number of fused-ring (bicyclic) bond motifs is 1. The van der Waals surface area contributed by atoms with Crippen molar-refractivity contribution in [3.63, 3.8) is 0 Å². The fourth-order valence-corrected chi connectivity index (χ4v) is 6.33. The highest BCUT2D eigenvalue weighted by molar-refractivity contribution is 7.16. The molecule has 4 rings (SSSR count). The van der Waals surface area contributed by atoms with Crippen LogP contribution in [0.25, 0.3) is 0 Å². The highest BCUT2D eigenvalue weighted by Gasteiger charge is 2.27. The van der Waals surface area contributed by atoms with Gasteiger partial charge in [-0.1, -0.05) is 19.3 Å². The molecular formula is C27H37N3O2S. The Labute approximate surface area is 202 Å². The minimum atomic E-state index is 0.0669. The highest BCUT2D eigenvalue weighted by Crippen LogP contribution is 2.40. The van der Waals surface area contributed by atoms with Gasteiger partial charge in [0, 0.05) is 47.5 Å². The van der Waals surface area contributed by atoms with Gasteiger partial charge in [0.1, 0.15) is 10.8 Å². The van der Waals surface area contributed by atoms with Crippen LogP contribution >= 0.6 is 11.3 Å². The lowest BCUT2D eigenvalue weighted by atomic mass is 9.93. The molecule has 6 heteroatoms. The second-order valence-electron chi connectivity index (χ2n) is 9.06. The maximum Gasteiger partial charge on any atom is 0.254 e. The van der Waals surface area contributed by atoms with E-state index in [0.717, 1.165) is 72.8 Å². The molecule has 1 aromatic carbocycles. The topological polar surface area (TPSA) is 53.9 Å². The van der Waals surface area contributed by atoms with E-state index in [0.29, 0.717) is 6.04 Å². The largest absolute Gasteiger partial charge is 0.496 e. The number of aryl methyl sites for hydroxylation is 1. The van der Waals surface area contributed by atoms with Crippen LogP contribution in [0, 0.1) is 0 Å². The Morgan fingerprint density at radius 2 is 1.91 bits per heavy atom. The number of benzene rings is 1. The van der Waals surface area contributed by atoms with Crippen molar-refractivity contribution in [2.24, 2.45) is 4.99 Å². The van der Waals surface area contributed by atoms with Gasteiger partial charge in [-0.05, 0) is 70.1 Å². The van der Waals surface area contributed by atoms with E-state index in [4.69, 9.17) is 9.73 Å². The number of anilines is 1. The molecule has 0 atom stereocenters. The molecule has 2 aliphatic carbocycles. The molecule has 33 heavy (non-hydrogen) atoms. The van der Waals surface area contributed by atoms with Crippen LogP contribution in [0.1, 0.15) is 85.2 Å². The minimum Gasteiger partial charge on any atom is -0.496 e. The number of carbonyl (C=O) groups is 1. The van der Waals surface area contributed by atoms with Crippen molar-refractivity contribution >= 4 is 34.1 Å². The lowest BCUT2D eigenvalue weighted by molar-refractivity contribution is 0.0927. The van der Waals surface area contributed by atoms with Crippen molar-refractivity contribution in [2.45, 2.75) is 77.7 Å². The van der Waals surface area contributed by atoms with Gasteiger partial charge in [-0.25, -0.2) is 4.99 Å². The van der Waals surface area contributed by atoms with Crippen LogP contribution in [0.3, 0.4) is 0 Å². The maximum absolute atomic E-state index is 13.4. The summed E-state index contributed by atoms with van der Waals surface area (Å²) in [5, 5.41) is 4.17. The van der Waals surface area contributed by atoms with Gasteiger partial charge < -0.3 is 15.0 Å². The van der Waals surface area contributed by atoms with Crippen LogP contribution in [-0.4, -0.2) is 38.4 Å². The van der Waals surface area contributed by atoms with Crippen LogP contribution in [0.15, 0.2) is 23.2 Å². The number of nitrogens with zero attached hydrogens (tertiary/aromatic N) is 2. The average molecular weight is 468 g/mol. The average Bonchev–Trinajstić information content (AvgIpc) is 3.23. The molecule has 0 bridgehead atoms. The van der Waals surface area contributed by atoms with Gasteiger partial charge in [-0.2, -0.15) is 0 Å². The number of hydrogen-bond acceptors (Lipinski definition) is 5. The van der Waals surface area contributed by atoms with E-state index in [1.54, 1.807) is 18.4 Å². The number of carbonyl (C=O) groups excluding carboxylic acids is 1. The maximum atomic E-state index is 13.4. The van der Waals surface area contributed by atoms with Crippen LogP contribution in [0.4, 0.5) is 10.7 Å². The van der Waals surface area contributed by atoms with E-state index >= 15 is 0 Å². The molecule has 0 saturated heterocycles. The van der Waals surface area contributed by atoms with E-state index < -0.39 is 0 Å². The Morgan fingerprint density at radius 1 is 1.15 bits per heavy atom. The van der Waals surface area contributed by atoms with E-state index in [-0.39, 0.29) is 5.91 Å². The number of hydrogen-bond donors (Lipinski definition) is 1. The fraction of sp³-hybridized carbons (Fsp3) is 0.556. The summed E-state index contributed by atoms with van der Waals surface area (Å²) in [6.45, 7) is 6.22. The lowest BCUT2D eigenvalue weighted by Gasteiger charge is -2.23. The fourth-order valence-electron chi connectivity index (χ4n) is 5.10. The summed E-state index contributed by atoms with van der Waals surface area (Å²) in [5.41, 5.74) is 4.12. The lowest BCUT2D eigenvalue weighted by Crippen LogP contribution is -2.36. The van der Waals surface area contributed by atoms with Crippen molar-refractivity contribution in [1.29, 1.82) is 0 Å². The number of aliphatic imine (C=N–C) groups is 1. The first-order chi connectivity index (χ1) is 16.1. The molecule has 2 aromatic rings. The predicted octanol–water partition coefficient (Wildman–Crippen LogP) is 6.29. The quantitative estimate of drug-likeness (QED) is 0.464. The normalized spacial score (nSPS) is 16.6. The standard InChI is InChI=1S/C27H37N3O2S/c1-4-30(5-2)21-16-15-19(23(17-21)32-3)18-28-27-25(22-13-9-10-14-24(22)33-27)26(31)29-20-11-7-6-8-12-20/h15-18,20H,4-14H2,1-3H3,(H,29,31). The number of nitrogens with one attached hydrogen (secondary N) is 1. The summed E-state index contributed by atoms with van der Waals surface area (Å²) < 4.78 is 5.68. The van der Waals surface area contributed by atoms with Gasteiger partial charge in [-0.3, -0.25) is 4.79 Å². The van der Waals surface area contributed by atoms with Gasteiger partial charge in [0.05, 0.1) is 12.7 Å². The zero-order chi connectivity index (χ0) is 23.2. The molecule has 178 valence electrons. The Kier molecular flexibility index (Phi) is 8.07. The second-order valence-corrected chi connectivity index (χ2v) is 10.1. The third kappa shape index (κ3) is 5.43. The van der Waals surface area contributed by atoms with E-state index in [1.165, 1.54) is 36.1 Å². The Balaban J connectivity index is 1.62. The molecule has 1 aromatic heterocycles. The van der Waals surface area contributed by atoms with E-state index in [9.17, 15) is 4.79 Å². The molecule has 0 aliphatic heterocycles. The first-order valence-corrected chi connectivity index (χ1v) is 13.4. The van der Waals surface area contributed by atoms with Gasteiger partial charge in [0.15, 0.2) is 0 Å². The molecule has 1 fully saturated rings. The van der Waals surface area contributed by atoms with Crippen LogP contribution in [-0.2, 0) is 12.8 Å². The molecule has 1 saturated carbocycles. The molecule has 1 heterocycles. The van der Waals surface area contributed by atoms with Crippen molar-refractivity contribution in [1.82, 2.24) is 5.32 Å². The number of rotatable bonds is 8. The summed E-state index contributed by atoms with van der Waals surface area (Å²) in [7, 11) is 1.70. The predicted molar refractivity (Wildman–Crippen MR) is 139 cm³/mol. The molecule has 5 nitrogen and oxygen atoms in total. The Morgan fingerprint density at radius 3 is 2.64 bits per heavy atom. The first-order valence-electron chi connectivity index (χ1n) is 12.6. The van der Waals surface area contributed by atoms with Crippen LogP contribution in [0.5, 0.6) is 5.75 Å². The summed E-state index contributed by atoms with van der Waals surface area (Å²) in [4.78, 5) is 21.9. The highest BCUT2D eigenvalue weighted by atomic mass is 32.1. The van der Waals surface area contributed by atoms with Gasteiger partial charge in [0.2, 0.25) is 0 Å². The van der Waals surface area contributed by atoms with Crippen molar-refractivity contribution in [3.05, 3.63) is 39.8 Å². The number of methoxy groups -OCH3 is 1. The van der Waals surface area contributed by atoms with Crippen molar-refractivity contribution in [2.75, 3.05) is 25.1 Å². The smallest absolute Gasteiger partial charge is 0.254 e. The molecule has 0 spiro atoms. The monoisotopic (exact) mass is 467 g/mol. The van der Waals surface area contributed by atoms with Gasteiger partial charge >= 0.3 is 0 Å². The molecule has 0 unspecified atom stereocenters. The molecular weight excluding hydrogens is 430 g/mol. The molecule has 1 N–H and O–H groups in total. The van der Waals surface area contributed by atoms with Crippen LogP contribution in [0.2, 0.25) is 0 Å². The Bertz CT molecular complexity index is 987. The van der Waals surface area contributed by atoms with Gasteiger partial charge in [-0.15, -0.1) is 11.3 Å². The SMILES string of the molecule is CCN(CC)c1ccc(C=Nc2sc3c(c2C(=O)NC2CCCCC2)CCCC3)c(OC)c1. The first kappa shape index (κ1) is 23.8. The van der Waals surface area contributed by atoms with Gasteiger partial charge in [0.25, 0.3) is 5.91 Å². The second kappa shape index (κ2) is 11.2. The Hall–Kier alpha value is -2.34. The zero-order valence-corrected chi connectivity index (χ0v) is 21.1. The molecule has 2 aliphatic rings. The molecule has 0 radical (unpaired) electrons. The summed E-state index contributed by atoms with van der Waals surface area (Å²) in [6, 6.07) is 6.55. The van der Waals surface area contributed by atoms with Crippen molar-refractivity contribution in [3.8, 4) is 5.75 Å². The minimum absolute atomic E-state index is 0.0669. The third-order valence-corrected chi connectivity index (χ3v) is 8.19. The summed E-state index contributed by atoms with van der Waals surface area (Å²) in [5.74, 6) is 0.870. The third-order valence-electron chi connectivity index (χ3n) is 6.99.